The molecule has 0 bridgehead atoms. The summed E-state index contributed by atoms with van der Waals surface area (Å²) in [6.07, 6.45) is 3.56. The standard InChI is InChI=1S/C11H17NO/c1-8(2)9-5-10(7-12-6-9)11(3,4)13/h5-8,13H,1-4H3. The van der Waals surface area contributed by atoms with Crippen LogP contribution in [0.25, 0.3) is 0 Å². The number of hydrogen-bond acceptors (Lipinski definition) is 2. The Morgan fingerprint density at radius 1 is 1.31 bits per heavy atom. The SMILES string of the molecule is CC(C)c1cncc(C(C)(C)O)c1. The minimum Gasteiger partial charge on any atom is -0.386 e. The van der Waals surface area contributed by atoms with Gasteiger partial charge in [0.1, 0.15) is 0 Å². The fraction of sp³-hybridized carbons (Fsp3) is 0.545. The van der Waals surface area contributed by atoms with Gasteiger partial charge in [0.25, 0.3) is 0 Å². The van der Waals surface area contributed by atoms with Gasteiger partial charge in [-0.05, 0) is 31.4 Å². The zero-order chi connectivity index (χ0) is 10.1. The van der Waals surface area contributed by atoms with Crippen molar-refractivity contribution in [3.8, 4) is 0 Å². The summed E-state index contributed by atoms with van der Waals surface area (Å²) in [6.45, 7) is 7.78. The molecule has 0 aliphatic heterocycles. The highest BCUT2D eigenvalue weighted by Crippen LogP contribution is 2.22. The number of aromatic nitrogens is 1. The Bertz CT molecular complexity index is 286. The summed E-state index contributed by atoms with van der Waals surface area (Å²) in [4.78, 5) is 4.11. The number of pyridine rings is 1. The number of nitrogens with zero attached hydrogens (tertiary/aromatic N) is 1. The summed E-state index contributed by atoms with van der Waals surface area (Å²) >= 11 is 0. The summed E-state index contributed by atoms with van der Waals surface area (Å²) < 4.78 is 0. The van der Waals surface area contributed by atoms with E-state index in [2.05, 4.69) is 18.8 Å². The number of rotatable bonds is 2. The molecule has 2 heteroatoms. The van der Waals surface area contributed by atoms with Gasteiger partial charge in [-0.3, -0.25) is 4.98 Å². The molecule has 72 valence electrons. The predicted molar refractivity (Wildman–Crippen MR) is 53.6 cm³/mol. The highest BCUT2D eigenvalue weighted by molar-refractivity contribution is 5.24. The molecule has 0 saturated carbocycles. The summed E-state index contributed by atoms with van der Waals surface area (Å²) in [5.74, 6) is 0.454. The largest absolute Gasteiger partial charge is 0.386 e. The first-order valence-corrected chi connectivity index (χ1v) is 4.59. The smallest absolute Gasteiger partial charge is 0.0855 e. The minimum atomic E-state index is -0.794. The molecule has 1 aromatic heterocycles. The second kappa shape index (κ2) is 3.46. The van der Waals surface area contributed by atoms with Crippen LogP contribution in [0.1, 0.15) is 44.7 Å². The second-order valence-electron chi connectivity index (χ2n) is 4.22. The maximum absolute atomic E-state index is 9.76. The van der Waals surface area contributed by atoms with Crippen molar-refractivity contribution in [2.45, 2.75) is 39.2 Å². The molecule has 0 unspecified atom stereocenters. The van der Waals surface area contributed by atoms with E-state index < -0.39 is 5.60 Å². The molecule has 1 N–H and O–H groups in total. The van der Waals surface area contributed by atoms with Crippen LogP contribution >= 0.6 is 0 Å². The fourth-order valence-electron chi connectivity index (χ4n) is 1.11. The van der Waals surface area contributed by atoms with E-state index in [0.29, 0.717) is 5.92 Å². The Hall–Kier alpha value is -0.890. The highest BCUT2D eigenvalue weighted by Gasteiger charge is 2.16. The van der Waals surface area contributed by atoms with Gasteiger partial charge in [0, 0.05) is 18.0 Å². The molecule has 1 heterocycles. The van der Waals surface area contributed by atoms with Crippen molar-refractivity contribution in [1.82, 2.24) is 4.98 Å². The first-order chi connectivity index (χ1) is 5.91. The van der Waals surface area contributed by atoms with Gasteiger partial charge in [-0.2, -0.15) is 0 Å². The third-order valence-corrected chi connectivity index (χ3v) is 2.13. The second-order valence-corrected chi connectivity index (χ2v) is 4.22. The van der Waals surface area contributed by atoms with Gasteiger partial charge in [0.05, 0.1) is 5.60 Å². The van der Waals surface area contributed by atoms with Crippen molar-refractivity contribution >= 4 is 0 Å². The third kappa shape index (κ3) is 2.52. The molecule has 0 aromatic carbocycles. The molecule has 13 heavy (non-hydrogen) atoms. The summed E-state index contributed by atoms with van der Waals surface area (Å²) in [7, 11) is 0. The van der Waals surface area contributed by atoms with Crippen LogP contribution in [0.4, 0.5) is 0 Å². The van der Waals surface area contributed by atoms with Gasteiger partial charge in [-0.15, -0.1) is 0 Å². The Morgan fingerprint density at radius 3 is 2.38 bits per heavy atom. The van der Waals surface area contributed by atoms with Crippen LogP contribution < -0.4 is 0 Å². The number of hydrogen-bond donors (Lipinski definition) is 1. The molecule has 1 rings (SSSR count). The fourth-order valence-corrected chi connectivity index (χ4v) is 1.11. The lowest BCUT2D eigenvalue weighted by Gasteiger charge is -2.18. The maximum Gasteiger partial charge on any atom is 0.0855 e. The Balaban J connectivity index is 3.06. The van der Waals surface area contributed by atoms with Crippen molar-refractivity contribution in [1.29, 1.82) is 0 Å². The lowest BCUT2D eigenvalue weighted by molar-refractivity contribution is 0.0781. The molecule has 0 amide bonds. The average Bonchev–Trinajstić information content (AvgIpc) is 2.03. The molecular weight excluding hydrogens is 162 g/mol. The molecule has 2 nitrogen and oxygen atoms in total. The zero-order valence-corrected chi connectivity index (χ0v) is 8.70. The van der Waals surface area contributed by atoms with Crippen molar-refractivity contribution in [3.05, 3.63) is 29.6 Å². The molecule has 0 spiro atoms. The summed E-state index contributed by atoms with van der Waals surface area (Å²) in [5.41, 5.74) is 1.25. The van der Waals surface area contributed by atoms with Gasteiger partial charge in [-0.25, -0.2) is 0 Å². The normalized spacial score (nSPS) is 12.2. The Morgan fingerprint density at radius 2 is 1.92 bits per heavy atom. The Kier molecular flexibility index (Phi) is 2.71. The van der Waals surface area contributed by atoms with Crippen LogP contribution in [0.5, 0.6) is 0 Å². The highest BCUT2D eigenvalue weighted by atomic mass is 16.3. The van der Waals surface area contributed by atoms with Crippen molar-refractivity contribution in [2.24, 2.45) is 0 Å². The van der Waals surface area contributed by atoms with Crippen LogP contribution in [0.15, 0.2) is 18.5 Å². The van der Waals surface area contributed by atoms with Crippen molar-refractivity contribution < 1.29 is 5.11 Å². The number of aliphatic hydroxyl groups is 1. The monoisotopic (exact) mass is 179 g/mol. The quantitative estimate of drug-likeness (QED) is 0.756. The van der Waals surface area contributed by atoms with E-state index in [9.17, 15) is 5.11 Å². The van der Waals surface area contributed by atoms with E-state index in [0.717, 1.165) is 5.56 Å². The van der Waals surface area contributed by atoms with E-state index in [-0.39, 0.29) is 0 Å². The molecule has 0 aliphatic rings. The van der Waals surface area contributed by atoms with Crippen molar-refractivity contribution in [3.63, 3.8) is 0 Å². The molecule has 0 saturated heterocycles. The summed E-state index contributed by atoms with van der Waals surface area (Å²) in [5, 5.41) is 9.76. The molecule has 1 aromatic rings. The first-order valence-electron chi connectivity index (χ1n) is 4.59. The lowest BCUT2D eigenvalue weighted by Crippen LogP contribution is -2.16. The van der Waals surface area contributed by atoms with Gasteiger partial charge in [-0.1, -0.05) is 13.8 Å². The van der Waals surface area contributed by atoms with Gasteiger partial charge in [0.2, 0.25) is 0 Å². The van der Waals surface area contributed by atoms with Crippen LogP contribution in [-0.4, -0.2) is 10.1 Å². The van der Waals surface area contributed by atoms with Crippen LogP contribution in [0.3, 0.4) is 0 Å². The lowest BCUT2D eigenvalue weighted by atomic mass is 9.96. The topological polar surface area (TPSA) is 33.1 Å². The molecule has 0 atom stereocenters. The van der Waals surface area contributed by atoms with E-state index in [1.807, 2.05) is 12.3 Å². The maximum atomic E-state index is 9.76. The average molecular weight is 179 g/mol. The molecule has 0 radical (unpaired) electrons. The molecule has 0 fully saturated rings. The van der Waals surface area contributed by atoms with E-state index >= 15 is 0 Å². The van der Waals surface area contributed by atoms with Gasteiger partial charge < -0.3 is 5.11 Å². The molecule has 0 aliphatic carbocycles. The van der Waals surface area contributed by atoms with Crippen LogP contribution in [0.2, 0.25) is 0 Å². The van der Waals surface area contributed by atoms with E-state index in [4.69, 9.17) is 0 Å². The van der Waals surface area contributed by atoms with Gasteiger partial charge >= 0.3 is 0 Å². The Labute approximate surface area is 79.6 Å². The van der Waals surface area contributed by atoms with E-state index in [1.165, 1.54) is 5.56 Å². The van der Waals surface area contributed by atoms with Crippen LogP contribution in [0, 0.1) is 0 Å². The van der Waals surface area contributed by atoms with Crippen LogP contribution in [-0.2, 0) is 5.60 Å². The first kappa shape index (κ1) is 10.2. The van der Waals surface area contributed by atoms with Crippen molar-refractivity contribution in [2.75, 3.05) is 0 Å². The molecular formula is C11H17NO. The zero-order valence-electron chi connectivity index (χ0n) is 8.70. The summed E-state index contributed by atoms with van der Waals surface area (Å²) in [6, 6.07) is 2.01. The van der Waals surface area contributed by atoms with Gasteiger partial charge in [0.15, 0.2) is 0 Å². The van der Waals surface area contributed by atoms with E-state index in [1.54, 1.807) is 20.0 Å². The predicted octanol–water partition coefficient (Wildman–Crippen LogP) is 2.43. The third-order valence-electron chi connectivity index (χ3n) is 2.13. The minimum absolute atomic E-state index is 0.454.